The van der Waals surface area contributed by atoms with Crippen molar-refractivity contribution in [3.05, 3.63) is 59.9 Å². The molecule has 2 amide bonds. The molecule has 0 spiro atoms. The predicted molar refractivity (Wildman–Crippen MR) is 77.1 cm³/mol. The van der Waals surface area contributed by atoms with Crippen molar-refractivity contribution in [3.8, 4) is 0 Å². The van der Waals surface area contributed by atoms with Gasteiger partial charge in [-0.25, -0.2) is 9.29 Å². The van der Waals surface area contributed by atoms with E-state index in [4.69, 9.17) is 5.73 Å². The van der Waals surface area contributed by atoms with Crippen LogP contribution in [0.3, 0.4) is 0 Å². The highest BCUT2D eigenvalue weighted by Gasteiger charge is 2.41. The number of rotatable bonds is 2. The first kappa shape index (κ1) is 13.3. The largest absolute Gasteiger partial charge is 0.397 e. The van der Waals surface area contributed by atoms with E-state index in [0.29, 0.717) is 0 Å². The van der Waals surface area contributed by atoms with Crippen LogP contribution >= 0.6 is 0 Å². The van der Waals surface area contributed by atoms with Crippen molar-refractivity contribution in [2.75, 3.05) is 10.6 Å². The monoisotopic (exact) mass is 284 g/mol. The van der Waals surface area contributed by atoms with Crippen LogP contribution in [0.25, 0.3) is 0 Å². The van der Waals surface area contributed by atoms with E-state index in [1.54, 1.807) is 12.1 Å². The number of hydrogen-bond donors (Lipinski definition) is 1. The molecule has 0 bridgehead atoms. The molecule has 1 atom stereocenters. The van der Waals surface area contributed by atoms with Crippen molar-refractivity contribution in [2.24, 2.45) is 0 Å². The zero-order chi connectivity index (χ0) is 15.0. The van der Waals surface area contributed by atoms with Gasteiger partial charge in [0.1, 0.15) is 5.82 Å². The number of anilines is 2. The van der Waals surface area contributed by atoms with E-state index >= 15 is 0 Å². The maximum Gasteiger partial charge on any atom is 0.241 e. The van der Waals surface area contributed by atoms with Gasteiger partial charge in [-0.2, -0.15) is 0 Å². The minimum absolute atomic E-state index is 0.0683. The lowest BCUT2D eigenvalue weighted by molar-refractivity contribution is -0.121. The number of nitrogen functional groups attached to an aromatic ring is 1. The zero-order valence-electron chi connectivity index (χ0n) is 11.1. The van der Waals surface area contributed by atoms with Gasteiger partial charge in [0.2, 0.25) is 11.8 Å². The molecule has 3 rings (SSSR count). The summed E-state index contributed by atoms with van der Waals surface area (Å²) in [5.74, 6) is -1.82. The Kier molecular flexibility index (Phi) is 3.17. The molecule has 1 unspecified atom stereocenters. The highest BCUT2D eigenvalue weighted by molar-refractivity contribution is 6.23. The third-order valence-corrected chi connectivity index (χ3v) is 3.58. The van der Waals surface area contributed by atoms with Gasteiger partial charge in [0, 0.05) is 12.5 Å². The molecule has 0 aliphatic carbocycles. The quantitative estimate of drug-likeness (QED) is 0.680. The van der Waals surface area contributed by atoms with E-state index in [2.05, 4.69) is 0 Å². The van der Waals surface area contributed by atoms with E-state index in [1.165, 1.54) is 12.1 Å². The van der Waals surface area contributed by atoms with E-state index in [1.807, 2.05) is 18.2 Å². The smallest absolute Gasteiger partial charge is 0.241 e. The Balaban J connectivity index is 2.00. The molecule has 0 saturated carbocycles. The lowest BCUT2D eigenvalue weighted by Crippen LogP contribution is -2.30. The van der Waals surface area contributed by atoms with Crippen molar-refractivity contribution in [3.63, 3.8) is 0 Å². The molecule has 0 aromatic heterocycles. The Morgan fingerprint density at radius 2 is 1.81 bits per heavy atom. The standard InChI is InChI=1S/C16H13FN2O2/c17-11-6-7-13(18)14(8-11)19-15(20)9-12(16(19)21)10-4-2-1-3-5-10/h1-8,12H,9,18H2. The summed E-state index contributed by atoms with van der Waals surface area (Å²) in [6.45, 7) is 0. The lowest BCUT2D eigenvalue weighted by atomic mass is 9.98. The molecular weight excluding hydrogens is 271 g/mol. The van der Waals surface area contributed by atoms with Crippen LogP contribution in [0, 0.1) is 5.82 Å². The second-order valence-corrected chi connectivity index (χ2v) is 4.94. The maximum absolute atomic E-state index is 13.4. The van der Waals surface area contributed by atoms with E-state index in [-0.39, 0.29) is 29.6 Å². The maximum atomic E-state index is 13.4. The molecule has 1 aliphatic heterocycles. The first-order valence-corrected chi connectivity index (χ1v) is 6.54. The fraction of sp³-hybridized carbons (Fsp3) is 0.125. The summed E-state index contributed by atoms with van der Waals surface area (Å²) in [5, 5.41) is 0. The molecule has 106 valence electrons. The molecule has 1 aliphatic rings. The Hall–Kier alpha value is -2.69. The number of halogens is 1. The minimum atomic E-state index is -0.540. The molecule has 1 fully saturated rings. The van der Waals surface area contributed by atoms with Crippen molar-refractivity contribution >= 4 is 23.2 Å². The van der Waals surface area contributed by atoms with Crippen LogP contribution in [0.5, 0.6) is 0 Å². The SMILES string of the molecule is Nc1ccc(F)cc1N1C(=O)CC(c2ccccc2)C1=O. The number of imide groups is 1. The van der Waals surface area contributed by atoms with Crippen LogP contribution in [-0.2, 0) is 9.59 Å². The normalized spacial score (nSPS) is 18.3. The molecule has 2 aromatic carbocycles. The second-order valence-electron chi connectivity index (χ2n) is 4.94. The average Bonchev–Trinajstić information content (AvgIpc) is 2.78. The number of nitrogens with zero attached hydrogens (tertiary/aromatic N) is 1. The van der Waals surface area contributed by atoms with Crippen molar-refractivity contribution < 1.29 is 14.0 Å². The summed E-state index contributed by atoms with van der Waals surface area (Å²) in [6, 6.07) is 12.7. The molecule has 21 heavy (non-hydrogen) atoms. The van der Waals surface area contributed by atoms with Gasteiger partial charge in [-0.3, -0.25) is 9.59 Å². The number of nitrogens with two attached hydrogens (primary N) is 1. The average molecular weight is 284 g/mol. The Bertz CT molecular complexity index is 715. The molecule has 4 nitrogen and oxygen atoms in total. The van der Waals surface area contributed by atoms with Crippen LogP contribution in [0.15, 0.2) is 48.5 Å². The lowest BCUT2D eigenvalue weighted by Gasteiger charge is -2.17. The fourth-order valence-electron chi connectivity index (χ4n) is 2.54. The number of carbonyl (C=O) groups is 2. The van der Waals surface area contributed by atoms with Gasteiger partial charge in [-0.05, 0) is 17.7 Å². The second kappa shape index (κ2) is 5.01. The van der Waals surface area contributed by atoms with Crippen LogP contribution in [-0.4, -0.2) is 11.8 Å². The molecule has 0 radical (unpaired) electrons. The number of benzene rings is 2. The first-order chi connectivity index (χ1) is 10.1. The molecule has 2 N–H and O–H groups in total. The summed E-state index contributed by atoms with van der Waals surface area (Å²) in [4.78, 5) is 25.6. The summed E-state index contributed by atoms with van der Waals surface area (Å²) in [5.41, 5.74) is 6.85. The van der Waals surface area contributed by atoms with E-state index in [0.717, 1.165) is 16.5 Å². The van der Waals surface area contributed by atoms with Crippen LogP contribution < -0.4 is 10.6 Å². The van der Waals surface area contributed by atoms with Gasteiger partial charge >= 0.3 is 0 Å². The topological polar surface area (TPSA) is 63.4 Å². The highest BCUT2D eigenvalue weighted by Crippen LogP contribution is 2.35. The van der Waals surface area contributed by atoms with E-state index in [9.17, 15) is 14.0 Å². The van der Waals surface area contributed by atoms with Gasteiger partial charge in [-0.1, -0.05) is 30.3 Å². The summed E-state index contributed by atoms with van der Waals surface area (Å²) < 4.78 is 13.4. The number of amides is 2. The summed E-state index contributed by atoms with van der Waals surface area (Å²) in [6.07, 6.45) is 0.0683. The molecule has 2 aromatic rings. The van der Waals surface area contributed by atoms with Crippen LogP contribution in [0.4, 0.5) is 15.8 Å². The van der Waals surface area contributed by atoms with Gasteiger partial charge in [0.15, 0.2) is 0 Å². The van der Waals surface area contributed by atoms with Crippen molar-refractivity contribution in [1.82, 2.24) is 0 Å². The first-order valence-electron chi connectivity index (χ1n) is 6.54. The molecule has 1 saturated heterocycles. The molecule has 5 heteroatoms. The van der Waals surface area contributed by atoms with Gasteiger partial charge in [-0.15, -0.1) is 0 Å². The van der Waals surface area contributed by atoms with Crippen molar-refractivity contribution in [2.45, 2.75) is 12.3 Å². The van der Waals surface area contributed by atoms with Crippen molar-refractivity contribution in [1.29, 1.82) is 0 Å². The number of hydrogen-bond acceptors (Lipinski definition) is 3. The fourth-order valence-corrected chi connectivity index (χ4v) is 2.54. The summed E-state index contributed by atoms with van der Waals surface area (Å²) in [7, 11) is 0. The zero-order valence-corrected chi connectivity index (χ0v) is 11.1. The van der Waals surface area contributed by atoms with Gasteiger partial charge in [0.25, 0.3) is 0 Å². The van der Waals surface area contributed by atoms with Crippen LogP contribution in [0.2, 0.25) is 0 Å². The van der Waals surface area contributed by atoms with Gasteiger partial charge < -0.3 is 5.73 Å². The third kappa shape index (κ3) is 2.27. The Labute approximate surface area is 121 Å². The Morgan fingerprint density at radius 1 is 1.10 bits per heavy atom. The third-order valence-electron chi connectivity index (χ3n) is 3.58. The number of carbonyl (C=O) groups excluding carboxylic acids is 2. The summed E-state index contributed by atoms with van der Waals surface area (Å²) >= 11 is 0. The molecular formula is C16H13FN2O2. The van der Waals surface area contributed by atoms with Gasteiger partial charge in [0.05, 0.1) is 17.3 Å². The predicted octanol–water partition coefficient (Wildman–Crippen LogP) is 2.46. The van der Waals surface area contributed by atoms with E-state index < -0.39 is 11.7 Å². The van der Waals surface area contributed by atoms with Crippen LogP contribution in [0.1, 0.15) is 17.9 Å². The minimum Gasteiger partial charge on any atom is -0.397 e. The highest BCUT2D eigenvalue weighted by atomic mass is 19.1. The molecule has 1 heterocycles. The Morgan fingerprint density at radius 3 is 2.52 bits per heavy atom.